The van der Waals surface area contributed by atoms with Crippen molar-refractivity contribution >= 4 is 11.9 Å². The molecule has 1 unspecified atom stereocenters. The van der Waals surface area contributed by atoms with Crippen LogP contribution in [0.25, 0.3) is 0 Å². The molecule has 0 bridgehead atoms. The molecule has 0 aromatic heterocycles. The first-order chi connectivity index (χ1) is 7.49. The molecule has 0 heterocycles. The van der Waals surface area contributed by atoms with Crippen molar-refractivity contribution in [3.63, 3.8) is 0 Å². The van der Waals surface area contributed by atoms with Crippen molar-refractivity contribution in [1.82, 2.24) is 10.2 Å². The standard InChI is InChI=1S/C11H22N2O3/c1-5-16-10(14)7-6-8-12-9(2)11(15)13(3)4/h9,12H,5-8H2,1-4H3. The number of hydrogen-bond acceptors (Lipinski definition) is 4. The molecule has 0 aromatic rings. The van der Waals surface area contributed by atoms with Gasteiger partial charge in [-0.3, -0.25) is 9.59 Å². The first kappa shape index (κ1) is 14.9. The van der Waals surface area contributed by atoms with Gasteiger partial charge >= 0.3 is 5.97 Å². The quantitative estimate of drug-likeness (QED) is 0.508. The molecule has 0 aromatic carbocycles. The van der Waals surface area contributed by atoms with Gasteiger partial charge in [0.1, 0.15) is 0 Å². The zero-order valence-corrected chi connectivity index (χ0v) is 10.6. The van der Waals surface area contributed by atoms with Crippen molar-refractivity contribution in [3.05, 3.63) is 0 Å². The molecule has 1 amide bonds. The molecule has 16 heavy (non-hydrogen) atoms. The topological polar surface area (TPSA) is 58.6 Å². The lowest BCUT2D eigenvalue weighted by Gasteiger charge is -2.17. The highest BCUT2D eigenvalue weighted by Crippen LogP contribution is 1.94. The summed E-state index contributed by atoms with van der Waals surface area (Å²) in [4.78, 5) is 24.0. The van der Waals surface area contributed by atoms with Crippen molar-refractivity contribution in [1.29, 1.82) is 0 Å². The number of rotatable bonds is 7. The molecule has 94 valence electrons. The van der Waals surface area contributed by atoms with Crippen molar-refractivity contribution < 1.29 is 14.3 Å². The molecule has 0 rings (SSSR count). The predicted octanol–water partition coefficient (Wildman–Crippen LogP) is 0.396. The van der Waals surface area contributed by atoms with E-state index in [2.05, 4.69) is 5.32 Å². The second-order valence-electron chi connectivity index (χ2n) is 3.82. The molecule has 5 nitrogen and oxygen atoms in total. The minimum Gasteiger partial charge on any atom is -0.466 e. The molecule has 0 spiro atoms. The summed E-state index contributed by atoms with van der Waals surface area (Å²) in [6.07, 6.45) is 1.08. The summed E-state index contributed by atoms with van der Waals surface area (Å²) in [7, 11) is 3.44. The van der Waals surface area contributed by atoms with Gasteiger partial charge in [-0.25, -0.2) is 0 Å². The number of nitrogens with zero attached hydrogens (tertiary/aromatic N) is 1. The van der Waals surface area contributed by atoms with Crippen LogP contribution in [0.3, 0.4) is 0 Å². The summed E-state index contributed by atoms with van der Waals surface area (Å²) < 4.78 is 4.79. The molecule has 0 saturated carbocycles. The van der Waals surface area contributed by atoms with Gasteiger partial charge in [0.25, 0.3) is 0 Å². The van der Waals surface area contributed by atoms with E-state index < -0.39 is 0 Å². The number of hydrogen-bond donors (Lipinski definition) is 1. The summed E-state index contributed by atoms with van der Waals surface area (Å²) in [5.41, 5.74) is 0. The van der Waals surface area contributed by atoms with Crippen LogP contribution in [-0.4, -0.2) is 50.1 Å². The third-order valence-electron chi connectivity index (χ3n) is 2.12. The van der Waals surface area contributed by atoms with E-state index >= 15 is 0 Å². The van der Waals surface area contributed by atoms with E-state index in [1.807, 2.05) is 6.92 Å². The average Bonchev–Trinajstić information content (AvgIpc) is 2.23. The Morgan fingerprint density at radius 2 is 2.00 bits per heavy atom. The van der Waals surface area contributed by atoms with E-state index in [4.69, 9.17) is 4.74 Å². The summed E-state index contributed by atoms with van der Waals surface area (Å²) in [5.74, 6) is -0.146. The summed E-state index contributed by atoms with van der Waals surface area (Å²) in [6.45, 7) is 4.65. The number of carbonyl (C=O) groups excluding carboxylic acids is 2. The van der Waals surface area contributed by atoms with E-state index in [0.29, 0.717) is 26.0 Å². The molecular formula is C11H22N2O3. The minimum absolute atomic E-state index is 0.0381. The number of nitrogens with one attached hydrogen (secondary N) is 1. The summed E-state index contributed by atoms with van der Waals surface area (Å²) >= 11 is 0. The van der Waals surface area contributed by atoms with Crippen molar-refractivity contribution in [3.8, 4) is 0 Å². The van der Waals surface area contributed by atoms with Crippen molar-refractivity contribution in [2.45, 2.75) is 32.7 Å². The van der Waals surface area contributed by atoms with Gasteiger partial charge in [-0.2, -0.15) is 0 Å². The van der Waals surface area contributed by atoms with Gasteiger partial charge in [-0.15, -0.1) is 0 Å². The molecule has 5 heteroatoms. The number of amides is 1. The maximum Gasteiger partial charge on any atom is 0.305 e. The van der Waals surface area contributed by atoms with Gasteiger partial charge < -0.3 is 15.0 Å². The highest BCUT2D eigenvalue weighted by molar-refractivity contribution is 5.80. The van der Waals surface area contributed by atoms with Crippen molar-refractivity contribution in [2.24, 2.45) is 0 Å². The molecule has 0 aliphatic rings. The van der Waals surface area contributed by atoms with Crippen LogP contribution in [0.4, 0.5) is 0 Å². The van der Waals surface area contributed by atoms with Crippen molar-refractivity contribution in [2.75, 3.05) is 27.2 Å². The maximum absolute atomic E-state index is 11.4. The first-order valence-corrected chi connectivity index (χ1v) is 5.59. The largest absolute Gasteiger partial charge is 0.466 e. The lowest BCUT2D eigenvalue weighted by atomic mass is 10.2. The lowest BCUT2D eigenvalue weighted by Crippen LogP contribution is -2.41. The third kappa shape index (κ3) is 6.40. The van der Waals surface area contributed by atoms with Gasteiger partial charge in [0.15, 0.2) is 0 Å². The fourth-order valence-electron chi connectivity index (χ4n) is 1.26. The Morgan fingerprint density at radius 1 is 1.38 bits per heavy atom. The van der Waals surface area contributed by atoms with E-state index in [0.717, 1.165) is 0 Å². The fraction of sp³-hybridized carbons (Fsp3) is 0.818. The predicted molar refractivity (Wildman–Crippen MR) is 62.0 cm³/mol. The first-order valence-electron chi connectivity index (χ1n) is 5.59. The molecule has 1 atom stereocenters. The van der Waals surface area contributed by atoms with Gasteiger partial charge in [-0.1, -0.05) is 0 Å². The van der Waals surface area contributed by atoms with Gasteiger partial charge in [0.05, 0.1) is 12.6 Å². The number of likely N-dealkylation sites (N-methyl/N-ethyl adjacent to an activating group) is 1. The van der Waals surface area contributed by atoms with E-state index in [9.17, 15) is 9.59 Å². The van der Waals surface area contributed by atoms with Crippen LogP contribution in [0.1, 0.15) is 26.7 Å². The summed E-state index contributed by atoms with van der Waals surface area (Å²) in [5, 5.41) is 3.06. The highest BCUT2D eigenvalue weighted by atomic mass is 16.5. The Labute approximate surface area is 97.1 Å². The maximum atomic E-state index is 11.4. The van der Waals surface area contributed by atoms with Crippen LogP contribution in [-0.2, 0) is 14.3 Å². The zero-order valence-electron chi connectivity index (χ0n) is 10.6. The molecule has 0 aliphatic heterocycles. The third-order valence-corrected chi connectivity index (χ3v) is 2.12. The Hall–Kier alpha value is -1.10. The Kier molecular flexibility index (Phi) is 7.54. The van der Waals surface area contributed by atoms with Crippen LogP contribution in [0.5, 0.6) is 0 Å². The SMILES string of the molecule is CCOC(=O)CCCNC(C)C(=O)N(C)C. The number of ether oxygens (including phenoxy) is 1. The summed E-state index contributed by atoms with van der Waals surface area (Å²) in [6, 6.07) is -0.211. The van der Waals surface area contributed by atoms with E-state index in [-0.39, 0.29) is 17.9 Å². The normalized spacial score (nSPS) is 12.0. The Balaban J connectivity index is 3.59. The van der Waals surface area contributed by atoms with Crippen LogP contribution >= 0.6 is 0 Å². The molecule has 0 fully saturated rings. The van der Waals surface area contributed by atoms with Gasteiger partial charge in [0.2, 0.25) is 5.91 Å². The van der Waals surface area contributed by atoms with Gasteiger partial charge in [-0.05, 0) is 26.8 Å². The highest BCUT2D eigenvalue weighted by Gasteiger charge is 2.13. The Morgan fingerprint density at radius 3 is 2.50 bits per heavy atom. The second kappa shape index (κ2) is 8.10. The minimum atomic E-state index is -0.211. The molecule has 0 radical (unpaired) electrons. The lowest BCUT2D eigenvalue weighted by molar-refractivity contribution is -0.143. The number of carbonyl (C=O) groups is 2. The molecular weight excluding hydrogens is 208 g/mol. The van der Waals surface area contributed by atoms with Crippen LogP contribution in [0.15, 0.2) is 0 Å². The zero-order chi connectivity index (χ0) is 12.6. The van der Waals surface area contributed by atoms with Gasteiger partial charge in [0, 0.05) is 20.5 Å². The molecule has 0 saturated heterocycles. The number of esters is 1. The molecule has 0 aliphatic carbocycles. The Bertz CT molecular complexity index is 229. The second-order valence-corrected chi connectivity index (χ2v) is 3.82. The van der Waals surface area contributed by atoms with Crippen LogP contribution in [0, 0.1) is 0 Å². The monoisotopic (exact) mass is 230 g/mol. The van der Waals surface area contributed by atoms with Crippen LogP contribution in [0.2, 0.25) is 0 Å². The van der Waals surface area contributed by atoms with E-state index in [1.165, 1.54) is 0 Å². The smallest absolute Gasteiger partial charge is 0.305 e. The average molecular weight is 230 g/mol. The van der Waals surface area contributed by atoms with Crippen LogP contribution < -0.4 is 5.32 Å². The fourth-order valence-corrected chi connectivity index (χ4v) is 1.26. The van der Waals surface area contributed by atoms with E-state index in [1.54, 1.807) is 25.9 Å². The molecule has 1 N–H and O–H groups in total.